The highest BCUT2D eigenvalue weighted by atomic mass is 35.5. The summed E-state index contributed by atoms with van der Waals surface area (Å²) in [6, 6.07) is -0.410. The zero-order valence-corrected chi connectivity index (χ0v) is 9.25. The molecular weight excluding hydrogens is 206 g/mol. The Hall–Kier alpha value is -0.610. The monoisotopic (exact) mass is 221 g/mol. The Bertz CT molecular complexity index is 188. The van der Waals surface area contributed by atoms with Crippen LogP contribution in [0.15, 0.2) is 0 Å². The van der Waals surface area contributed by atoms with E-state index in [1.165, 1.54) is 6.92 Å². The summed E-state index contributed by atoms with van der Waals surface area (Å²) in [5, 5.41) is 7.33. The molecule has 1 aliphatic heterocycles. The molecule has 0 aliphatic carbocycles. The number of aliphatic hydroxyl groups excluding tert-OH is 1. The summed E-state index contributed by atoms with van der Waals surface area (Å²) in [4.78, 5) is 23.6. The summed E-state index contributed by atoms with van der Waals surface area (Å²) in [7, 11) is 0. The van der Waals surface area contributed by atoms with Crippen LogP contribution in [0.4, 0.5) is 0 Å². The predicted octanol–water partition coefficient (Wildman–Crippen LogP) is 0.761. The number of rotatable bonds is 1. The van der Waals surface area contributed by atoms with Crippen LogP contribution in [0.1, 0.15) is 26.7 Å². The first-order chi connectivity index (χ1) is 6.54. The maximum absolute atomic E-state index is 11.0. The molecule has 1 aliphatic rings. The van der Waals surface area contributed by atoms with Crippen LogP contribution in [0.3, 0.4) is 0 Å². The number of hydrogen-bond acceptors (Lipinski definition) is 3. The van der Waals surface area contributed by atoms with E-state index >= 15 is 0 Å². The summed E-state index contributed by atoms with van der Waals surface area (Å²) in [6.45, 7) is 3.81. The Balaban J connectivity index is 0.000000500. The molecule has 4 nitrogen and oxygen atoms in total. The number of hydrogen-bond donors (Lipinski definition) is 1. The minimum atomic E-state index is -0.278. The standard InChI is InChI=1S/C8H13NO2.CH3ClO/c1-6(10)8-4-3-5-9(8)7(2)11;2-1-3/h8H,3-5H2,1-2H3;3H,1H2. The van der Waals surface area contributed by atoms with Crippen molar-refractivity contribution in [1.29, 1.82) is 0 Å². The number of likely N-dealkylation sites (tertiary alicyclic amines) is 1. The minimum absolute atomic E-state index is 0.0164. The third-order valence-electron chi connectivity index (χ3n) is 2.13. The number of Topliss-reactive ketones (excluding diaryl/α,β-unsaturated/α-hetero) is 1. The van der Waals surface area contributed by atoms with E-state index in [1.54, 1.807) is 11.8 Å². The molecule has 0 spiro atoms. The highest BCUT2D eigenvalue weighted by Crippen LogP contribution is 2.17. The quantitative estimate of drug-likeness (QED) is 0.666. The first-order valence-electron chi connectivity index (χ1n) is 4.49. The predicted molar refractivity (Wildman–Crippen MR) is 54.0 cm³/mol. The molecule has 1 fully saturated rings. The number of carbonyl (C=O) groups is 2. The first kappa shape index (κ1) is 13.4. The summed E-state index contributed by atoms with van der Waals surface area (Å²) in [5.74, 6) is 0.125. The van der Waals surface area contributed by atoms with Crippen molar-refractivity contribution in [2.24, 2.45) is 0 Å². The Kier molecular flexibility index (Phi) is 6.49. The van der Waals surface area contributed by atoms with Crippen LogP contribution in [0.2, 0.25) is 0 Å². The molecule has 0 aromatic heterocycles. The van der Waals surface area contributed by atoms with Crippen molar-refractivity contribution in [3.05, 3.63) is 0 Å². The van der Waals surface area contributed by atoms with E-state index in [9.17, 15) is 9.59 Å². The average Bonchev–Trinajstić information content (AvgIpc) is 2.52. The molecule has 0 saturated carbocycles. The third-order valence-corrected chi connectivity index (χ3v) is 2.13. The maximum atomic E-state index is 11.0. The van der Waals surface area contributed by atoms with Crippen LogP contribution in [-0.2, 0) is 9.59 Å². The van der Waals surface area contributed by atoms with Gasteiger partial charge in [0, 0.05) is 13.5 Å². The second-order valence-electron chi connectivity index (χ2n) is 3.10. The van der Waals surface area contributed by atoms with Crippen LogP contribution in [0, 0.1) is 0 Å². The van der Waals surface area contributed by atoms with E-state index in [2.05, 4.69) is 11.6 Å². The van der Waals surface area contributed by atoms with Gasteiger partial charge in [0.25, 0.3) is 0 Å². The Labute approximate surface area is 88.8 Å². The maximum Gasteiger partial charge on any atom is 0.220 e. The van der Waals surface area contributed by atoms with Gasteiger partial charge >= 0.3 is 0 Å². The van der Waals surface area contributed by atoms with E-state index in [0.29, 0.717) is 0 Å². The molecule has 14 heavy (non-hydrogen) atoms. The van der Waals surface area contributed by atoms with Crippen molar-refractivity contribution >= 4 is 23.3 Å². The molecule has 1 amide bonds. The Morgan fingerprint density at radius 1 is 1.50 bits per heavy atom. The van der Waals surface area contributed by atoms with Gasteiger partial charge in [0.2, 0.25) is 5.91 Å². The molecular formula is C9H16ClNO3. The van der Waals surface area contributed by atoms with Gasteiger partial charge in [-0.25, -0.2) is 0 Å². The highest BCUT2D eigenvalue weighted by Gasteiger charge is 2.29. The van der Waals surface area contributed by atoms with Crippen molar-refractivity contribution in [2.45, 2.75) is 32.7 Å². The molecule has 1 rings (SSSR count). The van der Waals surface area contributed by atoms with Crippen molar-refractivity contribution in [3.63, 3.8) is 0 Å². The lowest BCUT2D eigenvalue weighted by atomic mass is 10.1. The summed E-state index contributed by atoms with van der Waals surface area (Å²) >= 11 is 4.55. The molecule has 0 aromatic carbocycles. The highest BCUT2D eigenvalue weighted by molar-refractivity contribution is 6.16. The van der Waals surface area contributed by atoms with Crippen molar-refractivity contribution in [2.75, 3.05) is 12.6 Å². The van der Waals surface area contributed by atoms with E-state index in [0.717, 1.165) is 19.4 Å². The van der Waals surface area contributed by atoms with Gasteiger partial charge in [-0.05, 0) is 19.8 Å². The molecule has 1 unspecified atom stereocenters. The average molecular weight is 222 g/mol. The van der Waals surface area contributed by atoms with Crippen molar-refractivity contribution in [1.82, 2.24) is 4.90 Å². The first-order valence-corrected chi connectivity index (χ1v) is 5.02. The summed E-state index contributed by atoms with van der Waals surface area (Å²) < 4.78 is 0. The molecule has 82 valence electrons. The van der Waals surface area contributed by atoms with Gasteiger partial charge < -0.3 is 10.0 Å². The van der Waals surface area contributed by atoms with E-state index in [-0.39, 0.29) is 23.8 Å². The number of aliphatic hydroxyl groups is 1. The smallest absolute Gasteiger partial charge is 0.220 e. The lowest BCUT2D eigenvalue weighted by Crippen LogP contribution is -2.37. The van der Waals surface area contributed by atoms with Gasteiger partial charge in [-0.3, -0.25) is 9.59 Å². The number of carbonyl (C=O) groups excluding carboxylic acids is 2. The summed E-state index contributed by atoms with van der Waals surface area (Å²) in [5.41, 5.74) is 0. The van der Waals surface area contributed by atoms with Gasteiger partial charge in [0.1, 0.15) is 6.07 Å². The lowest BCUT2D eigenvalue weighted by molar-refractivity contribution is -0.135. The van der Waals surface area contributed by atoms with Crippen LogP contribution in [-0.4, -0.2) is 40.3 Å². The van der Waals surface area contributed by atoms with E-state index < -0.39 is 0 Å². The van der Waals surface area contributed by atoms with Crippen LogP contribution in [0.25, 0.3) is 0 Å². The van der Waals surface area contributed by atoms with Crippen LogP contribution < -0.4 is 0 Å². The number of ketones is 1. The number of nitrogens with zero attached hydrogens (tertiary/aromatic N) is 1. The molecule has 5 heteroatoms. The Morgan fingerprint density at radius 3 is 2.29 bits per heavy atom. The number of amides is 1. The molecule has 1 N–H and O–H groups in total. The second kappa shape index (κ2) is 6.79. The fraction of sp³-hybridized carbons (Fsp3) is 0.778. The van der Waals surface area contributed by atoms with Gasteiger partial charge in [0.05, 0.1) is 6.04 Å². The molecule has 0 bridgehead atoms. The topological polar surface area (TPSA) is 57.6 Å². The van der Waals surface area contributed by atoms with E-state index in [4.69, 9.17) is 5.11 Å². The minimum Gasteiger partial charge on any atom is -0.381 e. The normalized spacial score (nSPS) is 20.0. The lowest BCUT2D eigenvalue weighted by Gasteiger charge is -2.20. The van der Waals surface area contributed by atoms with E-state index in [1.807, 2.05) is 0 Å². The number of halogens is 1. The van der Waals surface area contributed by atoms with Gasteiger partial charge in [-0.1, -0.05) is 11.6 Å². The molecule has 0 aromatic rings. The fourth-order valence-corrected chi connectivity index (χ4v) is 1.57. The van der Waals surface area contributed by atoms with Gasteiger partial charge in [-0.2, -0.15) is 0 Å². The van der Waals surface area contributed by atoms with Gasteiger partial charge in [0.15, 0.2) is 5.78 Å². The Morgan fingerprint density at radius 2 is 2.00 bits per heavy atom. The zero-order valence-electron chi connectivity index (χ0n) is 8.49. The molecule has 1 atom stereocenters. The molecule has 0 radical (unpaired) electrons. The SMILES string of the molecule is CC(=O)C1CCCN1C(C)=O.OCCl. The number of alkyl halides is 1. The van der Waals surface area contributed by atoms with Crippen LogP contribution >= 0.6 is 11.6 Å². The second-order valence-corrected chi connectivity index (χ2v) is 3.34. The van der Waals surface area contributed by atoms with Gasteiger partial charge in [-0.15, -0.1) is 0 Å². The zero-order chi connectivity index (χ0) is 11.1. The van der Waals surface area contributed by atoms with Crippen molar-refractivity contribution < 1.29 is 14.7 Å². The van der Waals surface area contributed by atoms with Crippen LogP contribution in [0.5, 0.6) is 0 Å². The molecule has 1 heterocycles. The largest absolute Gasteiger partial charge is 0.381 e. The summed E-state index contributed by atoms with van der Waals surface area (Å²) in [6.07, 6.45) is 1.80. The molecule has 1 saturated heterocycles. The third kappa shape index (κ3) is 4.07. The fourth-order valence-electron chi connectivity index (χ4n) is 1.57. The van der Waals surface area contributed by atoms with Crippen molar-refractivity contribution in [3.8, 4) is 0 Å².